The van der Waals surface area contributed by atoms with Gasteiger partial charge in [0.1, 0.15) is 0 Å². The Morgan fingerprint density at radius 1 is 1.36 bits per heavy atom. The number of carbonyl (C=O) groups excluding carboxylic acids is 1. The highest BCUT2D eigenvalue weighted by Gasteiger charge is 2.19. The van der Waals surface area contributed by atoms with E-state index in [-0.39, 0.29) is 5.91 Å². The summed E-state index contributed by atoms with van der Waals surface area (Å²) in [5.41, 5.74) is 1.95. The maximum atomic E-state index is 12.1. The Labute approximate surface area is 135 Å². The Hall–Kier alpha value is -1.62. The molecule has 0 saturated heterocycles. The van der Waals surface area contributed by atoms with Crippen LogP contribution in [0.25, 0.3) is 11.0 Å². The van der Waals surface area contributed by atoms with Gasteiger partial charge in [0.15, 0.2) is 4.96 Å². The lowest BCUT2D eigenvalue weighted by atomic mass is 9.87. The number of nitrogens with one attached hydrogen (secondary N) is 1. The molecule has 0 unspecified atom stereocenters. The lowest BCUT2D eigenvalue weighted by Crippen LogP contribution is -2.36. The van der Waals surface area contributed by atoms with Crippen LogP contribution in [0.2, 0.25) is 0 Å². The van der Waals surface area contributed by atoms with E-state index in [0.29, 0.717) is 6.04 Å². The average Bonchev–Trinajstić information content (AvgIpc) is 2.94. The van der Waals surface area contributed by atoms with Gasteiger partial charge in [-0.25, -0.2) is 4.98 Å². The van der Waals surface area contributed by atoms with Crippen LogP contribution in [0.4, 0.5) is 0 Å². The van der Waals surface area contributed by atoms with Gasteiger partial charge in [-0.1, -0.05) is 6.92 Å². The average molecular weight is 317 g/mol. The molecule has 1 aliphatic rings. The van der Waals surface area contributed by atoms with Crippen LogP contribution in [0.1, 0.15) is 48.9 Å². The van der Waals surface area contributed by atoms with Crippen molar-refractivity contribution in [1.82, 2.24) is 14.7 Å². The first-order valence-electron chi connectivity index (χ1n) is 7.96. The summed E-state index contributed by atoms with van der Waals surface area (Å²) in [6.45, 7) is 6.34. The molecule has 2 heterocycles. The van der Waals surface area contributed by atoms with Crippen LogP contribution >= 0.6 is 11.3 Å². The van der Waals surface area contributed by atoms with Gasteiger partial charge in [-0.2, -0.15) is 0 Å². The van der Waals surface area contributed by atoms with Crippen molar-refractivity contribution < 1.29 is 4.79 Å². The van der Waals surface area contributed by atoms with Crippen LogP contribution in [-0.4, -0.2) is 21.3 Å². The van der Waals surface area contributed by atoms with E-state index in [1.165, 1.54) is 17.7 Å². The normalized spacial score (nSPS) is 22.5. The Kier molecular flexibility index (Phi) is 4.34. The summed E-state index contributed by atoms with van der Waals surface area (Å²) in [5, 5.41) is 3.12. The van der Waals surface area contributed by atoms with E-state index >= 15 is 0 Å². The number of nitrogens with zero attached hydrogens (tertiary/aromatic N) is 2. The van der Waals surface area contributed by atoms with Gasteiger partial charge in [-0.15, -0.1) is 11.3 Å². The van der Waals surface area contributed by atoms with Gasteiger partial charge in [0, 0.05) is 23.2 Å². The number of imidazole rings is 1. The van der Waals surface area contributed by atoms with Crippen LogP contribution in [0, 0.1) is 19.8 Å². The molecule has 3 rings (SSSR count). The van der Waals surface area contributed by atoms with Crippen molar-refractivity contribution in [3.63, 3.8) is 0 Å². The number of rotatable bonds is 3. The second-order valence-corrected chi connectivity index (χ2v) is 7.59. The number of aromatic nitrogens is 2. The Morgan fingerprint density at radius 2 is 2.09 bits per heavy atom. The van der Waals surface area contributed by atoms with Gasteiger partial charge in [-0.3, -0.25) is 9.20 Å². The van der Waals surface area contributed by atoms with Gasteiger partial charge >= 0.3 is 0 Å². The smallest absolute Gasteiger partial charge is 0.244 e. The topological polar surface area (TPSA) is 46.4 Å². The minimum absolute atomic E-state index is 0.000791. The lowest BCUT2D eigenvalue weighted by Gasteiger charge is -2.26. The summed E-state index contributed by atoms with van der Waals surface area (Å²) in [4.78, 5) is 18.9. The van der Waals surface area contributed by atoms with Gasteiger partial charge < -0.3 is 5.32 Å². The van der Waals surface area contributed by atoms with Crippen LogP contribution in [0.15, 0.2) is 12.3 Å². The fourth-order valence-corrected chi connectivity index (χ4v) is 3.97. The largest absolute Gasteiger partial charge is 0.350 e. The predicted octanol–water partition coefficient (Wildman–Crippen LogP) is 3.72. The number of thiazole rings is 1. The number of carbonyl (C=O) groups is 1. The number of amides is 1. The highest BCUT2D eigenvalue weighted by atomic mass is 32.1. The standard InChI is InChI=1S/C17H23N3OS/c1-11-4-6-14(7-5-11)19-16(21)9-8-15-13(3)18-17-20(15)10-12(2)22-17/h8-11,14H,4-7H2,1-3H3,(H,19,21)/b9-8+. The summed E-state index contributed by atoms with van der Waals surface area (Å²) in [7, 11) is 0. The Bertz CT molecular complexity index is 705. The molecule has 1 saturated carbocycles. The highest BCUT2D eigenvalue weighted by Crippen LogP contribution is 2.24. The van der Waals surface area contributed by atoms with Crippen molar-refractivity contribution in [3.8, 4) is 0 Å². The molecule has 1 amide bonds. The molecule has 5 heteroatoms. The molecule has 22 heavy (non-hydrogen) atoms. The molecule has 0 aromatic carbocycles. The van der Waals surface area contributed by atoms with E-state index in [1.807, 2.05) is 13.0 Å². The quantitative estimate of drug-likeness (QED) is 0.877. The molecule has 0 atom stereocenters. The summed E-state index contributed by atoms with van der Waals surface area (Å²) < 4.78 is 2.06. The third kappa shape index (κ3) is 3.24. The van der Waals surface area contributed by atoms with Crippen molar-refractivity contribution in [3.05, 3.63) is 28.5 Å². The fourth-order valence-electron chi connectivity index (χ4n) is 3.09. The maximum absolute atomic E-state index is 12.1. The molecule has 1 fully saturated rings. The van der Waals surface area contributed by atoms with Gasteiger partial charge in [0.2, 0.25) is 5.91 Å². The molecule has 118 valence electrons. The minimum Gasteiger partial charge on any atom is -0.350 e. The Balaban J connectivity index is 1.67. The molecule has 2 aromatic heterocycles. The predicted molar refractivity (Wildman–Crippen MR) is 91.1 cm³/mol. The monoisotopic (exact) mass is 317 g/mol. The molecule has 0 radical (unpaired) electrons. The summed E-state index contributed by atoms with van der Waals surface area (Å²) in [5.74, 6) is 0.800. The minimum atomic E-state index is 0.000791. The summed E-state index contributed by atoms with van der Waals surface area (Å²) >= 11 is 1.67. The molecule has 1 aliphatic carbocycles. The molecule has 0 spiro atoms. The first-order valence-corrected chi connectivity index (χ1v) is 8.78. The first-order chi connectivity index (χ1) is 10.5. The van der Waals surface area contributed by atoms with Crippen molar-refractivity contribution in [1.29, 1.82) is 0 Å². The van der Waals surface area contributed by atoms with Crippen molar-refractivity contribution in [2.75, 3.05) is 0 Å². The number of hydrogen-bond acceptors (Lipinski definition) is 3. The van der Waals surface area contributed by atoms with E-state index in [9.17, 15) is 4.79 Å². The van der Waals surface area contributed by atoms with Crippen molar-refractivity contribution in [2.24, 2.45) is 5.92 Å². The zero-order valence-electron chi connectivity index (χ0n) is 13.4. The SMILES string of the molecule is Cc1cn2c(/C=C/C(=O)NC3CCC(C)CC3)c(C)nc2s1. The number of aryl methyl sites for hydroxylation is 2. The van der Waals surface area contributed by atoms with Crippen molar-refractivity contribution >= 4 is 28.3 Å². The second-order valence-electron chi connectivity index (χ2n) is 6.38. The fraction of sp³-hybridized carbons (Fsp3) is 0.529. The molecule has 0 bridgehead atoms. The van der Waals surface area contributed by atoms with Crippen molar-refractivity contribution in [2.45, 2.75) is 52.5 Å². The molecule has 4 nitrogen and oxygen atoms in total. The zero-order chi connectivity index (χ0) is 15.7. The lowest BCUT2D eigenvalue weighted by molar-refractivity contribution is -0.117. The van der Waals surface area contributed by atoms with E-state index in [1.54, 1.807) is 17.4 Å². The van der Waals surface area contributed by atoms with Crippen LogP contribution < -0.4 is 5.32 Å². The van der Waals surface area contributed by atoms with Crippen LogP contribution in [-0.2, 0) is 4.79 Å². The van der Waals surface area contributed by atoms with E-state index in [4.69, 9.17) is 0 Å². The first kappa shape index (κ1) is 15.3. The maximum Gasteiger partial charge on any atom is 0.244 e. The second kappa shape index (κ2) is 6.24. The zero-order valence-corrected chi connectivity index (χ0v) is 14.2. The Morgan fingerprint density at radius 3 is 2.82 bits per heavy atom. The number of hydrogen-bond donors (Lipinski definition) is 1. The highest BCUT2D eigenvalue weighted by molar-refractivity contribution is 7.17. The van der Waals surface area contributed by atoms with E-state index in [2.05, 4.69) is 34.7 Å². The molecule has 2 aromatic rings. The van der Waals surface area contributed by atoms with Gasteiger partial charge in [0.05, 0.1) is 11.4 Å². The molecular formula is C17H23N3OS. The number of fused-ring (bicyclic) bond motifs is 1. The van der Waals surface area contributed by atoms with Crippen LogP contribution in [0.5, 0.6) is 0 Å². The summed E-state index contributed by atoms with van der Waals surface area (Å²) in [6.07, 6.45) is 10.2. The third-order valence-corrected chi connectivity index (χ3v) is 5.32. The molecular weight excluding hydrogens is 294 g/mol. The van der Waals surface area contributed by atoms with Crippen LogP contribution in [0.3, 0.4) is 0 Å². The third-order valence-electron chi connectivity index (χ3n) is 4.42. The molecule has 0 aliphatic heterocycles. The van der Waals surface area contributed by atoms with Gasteiger partial charge in [-0.05, 0) is 51.5 Å². The summed E-state index contributed by atoms with van der Waals surface area (Å²) in [6, 6.07) is 0.336. The van der Waals surface area contributed by atoms with E-state index < -0.39 is 0 Å². The molecule has 1 N–H and O–H groups in total. The van der Waals surface area contributed by atoms with E-state index in [0.717, 1.165) is 35.1 Å². The van der Waals surface area contributed by atoms with Gasteiger partial charge in [0.25, 0.3) is 0 Å².